The van der Waals surface area contributed by atoms with Crippen LogP contribution in [0, 0.1) is 0 Å². The summed E-state index contributed by atoms with van der Waals surface area (Å²) in [5, 5.41) is 0. The van der Waals surface area contributed by atoms with Gasteiger partial charge in [0, 0.05) is 0 Å². The van der Waals surface area contributed by atoms with E-state index in [2.05, 4.69) is 0 Å². The zero-order valence-corrected chi connectivity index (χ0v) is 10.7. The fourth-order valence-electron chi connectivity index (χ4n) is 1.01. The zero-order valence-electron chi connectivity index (χ0n) is 9.30. The van der Waals surface area contributed by atoms with E-state index in [0.717, 1.165) is 0 Å². The molecule has 0 spiro atoms. The van der Waals surface area contributed by atoms with Crippen molar-refractivity contribution in [2.24, 2.45) is 0 Å². The van der Waals surface area contributed by atoms with Crippen LogP contribution in [-0.4, -0.2) is 35.6 Å². The average molecular weight is 251 g/mol. The molecule has 2 aromatic carbocycles. The third kappa shape index (κ3) is 7.76. The molecule has 0 fully saturated rings. The molecule has 0 aromatic heterocycles. The molecule has 3 heteroatoms. The Balaban J connectivity index is 0. The van der Waals surface area contributed by atoms with Crippen LogP contribution in [-0.2, 0) is 9.59 Å². The second kappa shape index (κ2) is 12.0. The molecule has 0 heterocycles. The van der Waals surface area contributed by atoms with Crippen LogP contribution in [0.15, 0.2) is 60.7 Å². The summed E-state index contributed by atoms with van der Waals surface area (Å²) < 4.78 is 0. The molecule has 88 valence electrons. The average Bonchev–Trinajstić information content (AvgIpc) is 2.41. The predicted molar refractivity (Wildman–Crippen MR) is 75.0 cm³/mol. The van der Waals surface area contributed by atoms with Crippen molar-refractivity contribution in [2.75, 3.05) is 0 Å². The van der Waals surface area contributed by atoms with Crippen LogP contribution in [0.5, 0.6) is 0 Å². The quantitative estimate of drug-likeness (QED) is 0.606. The Morgan fingerprint density at radius 3 is 1.06 bits per heavy atom. The van der Waals surface area contributed by atoms with E-state index in [0.29, 0.717) is 11.1 Å². The summed E-state index contributed by atoms with van der Waals surface area (Å²) in [4.78, 5) is 19.8. The topological polar surface area (TPSA) is 34.1 Å². The van der Waals surface area contributed by atoms with E-state index in [1.54, 1.807) is 61.1 Å². The number of benzene rings is 2. The van der Waals surface area contributed by atoms with Crippen LogP contribution in [0.2, 0.25) is 0 Å². The van der Waals surface area contributed by atoms with Gasteiger partial charge in [-0.05, 0) is 0 Å². The normalized spacial score (nSPS) is 7.56. The van der Waals surface area contributed by atoms with E-state index in [9.17, 15) is 9.59 Å². The largest absolute Gasteiger partial charge is 2.00 e. The Morgan fingerprint density at radius 1 is 0.611 bits per heavy atom. The minimum Gasteiger partial charge on any atom is -0.376 e. The summed E-state index contributed by atoms with van der Waals surface area (Å²) in [6.07, 6.45) is 3.55. The van der Waals surface area contributed by atoms with Crippen molar-refractivity contribution in [1.82, 2.24) is 0 Å². The zero-order chi connectivity index (χ0) is 11.6. The predicted octanol–water partition coefficient (Wildman–Crippen LogP) is 2.54. The molecule has 0 unspecified atom stereocenters. The maximum Gasteiger partial charge on any atom is 2.00 e. The smallest absolute Gasteiger partial charge is 0.376 e. The Hall–Kier alpha value is -1.45. The maximum absolute atomic E-state index is 9.88. The fraction of sp³-hybridized carbons (Fsp3) is 0.0667. The first-order valence-electron chi connectivity index (χ1n) is 4.73. The summed E-state index contributed by atoms with van der Waals surface area (Å²) in [5.41, 5.74) is 1.21. The minimum atomic E-state index is 0. The fourth-order valence-corrected chi connectivity index (χ4v) is 1.01. The van der Waals surface area contributed by atoms with Gasteiger partial charge >= 0.3 is 23.1 Å². The molecular formula is C15H14MgO2. The van der Waals surface area contributed by atoms with Crippen LogP contribution in [0.25, 0.3) is 0 Å². The SMILES string of the molecule is C.O=[C-]c1ccccc1.O=[C-]c1ccccc1.[Mg+2]. The number of hydrogen-bond acceptors (Lipinski definition) is 2. The summed E-state index contributed by atoms with van der Waals surface area (Å²) in [5.74, 6) is 0. The number of hydrogen-bond donors (Lipinski definition) is 0. The molecule has 2 aromatic rings. The first kappa shape index (κ1) is 18.9. The van der Waals surface area contributed by atoms with Gasteiger partial charge in [-0.2, -0.15) is 35.4 Å². The first-order chi connectivity index (χ1) is 7.86. The van der Waals surface area contributed by atoms with E-state index in [4.69, 9.17) is 0 Å². The van der Waals surface area contributed by atoms with Crippen LogP contribution in [0.3, 0.4) is 0 Å². The molecule has 2 nitrogen and oxygen atoms in total. The van der Waals surface area contributed by atoms with E-state index in [-0.39, 0.29) is 30.5 Å². The van der Waals surface area contributed by atoms with E-state index in [1.165, 1.54) is 0 Å². The van der Waals surface area contributed by atoms with E-state index >= 15 is 0 Å². The van der Waals surface area contributed by atoms with Gasteiger partial charge < -0.3 is 9.59 Å². The van der Waals surface area contributed by atoms with Crippen LogP contribution in [0.4, 0.5) is 0 Å². The van der Waals surface area contributed by atoms with Crippen LogP contribution >= 0.6 is 0 Å². The molecule has 0 aliphatic rings. The molecule has 0 saturated heterocycles. The molecule has 0 aliphatic heterocycles. The number of carbonyl (C=O) groups excluding carboxylic acids is 2. The van der Waals surface area contributed by atoms with Gasteiger partial charge in [0.2, 0.25) is 0 Å². The summed E-state index contributed by atoms with van der Waals surface area (Å²) in [6, 6.07) is 17.8. The number of rotatable bonds is 2. The monoisotopic (exact) mass is 250 g/mol. The molecule has 0 amide bonds. The van der Waals surface area contributed by atoms with Gasteiger partial charge in [0.1, 0.15) is 0 Å². The Kier molecular flexibility index (Phi) is 12.6. The van der Waals surface area contributed by atoms with Crippen molar-refractivity contribution in [3.8, 4) is 0 Å². The van der Waals surface area contributed by atoms with Gasteiger partial charge in [-0.1, -0.05) is 19.6 Å². The van der Waals surface area contributed by atoms with E-state index < -0.39 is 0 Å². The summed E-state index contributed by atoms with van der Waals surface area (Å²) >= 11 is 0. The van der Waals surface area contributed by atoms with Crippen LogP contribution in [0.1, 0.15) is 18.6 Å². The molecule has 0 aliphatic carbocycles. The molecule has 2 rings (SSSR count). The minimum absolute atomic E-state index is 0. The second-order valence-corrected chi connectivity index (χ2v) is 2.94. The van der Waals surface area contributed by atoms with Gasteiger partial charge in [-0.25, -0.2) is 0 Å². The third-order valence-corrected chi connectivity index (χ3v) is 1.78. The molecular weight excluding hydrogens is 236 g/mol. The van der Waals surface area contributed by atoms with Crippen molar-refractivity contribution >= 4 is 35.6 Å². The third-order valence-electron chi connectivity index (χ3n) is 1.78. The molecule has 0 atom stereocenters. The van der Waals surface area contributed by atoms with Gasteiger partial charge in [0.15, 0.2) is 0 Å². The van der Waals surface area contributed by atoms with Gasteiger partial charge in [-0.15, -0.1) is 24.3 Å². The van der Waals surface area contributed by atoms with Crippen LogP contribution < -0.4 is 0 Å². The van der Waals surface area contributed by atoms with Crippen molar-refractivity contribution < 1.29 is 9.59 Å². The standard InChI is InChI=1S/2C7H5O.CH4.Mg/c2*8-6-7-4-2-1-3-5-7;;/h2*1-5H;1H4;/q2*-1;;+2. The van der Waals surface area contributed by atoms with Gasteiger partial charge in [-0.3, -0.25) is 0 Å². The Labute approximate surface area is 124 Å². The maximum atomic E-state index is 9.88. The Bertz CT molecular complexity index is 383. The van der Waals surface area contributed by atoms with Crippen molar-refractivity contribution in [2.45, 2.75) is 7.43 Å². The van der Waals surface area contributed by atoms with Gasteiger partial charge in [0.05, 0.1) is 12.6 Å². The Morgan fingerprint density at radius 2 is 0.889 bits per heavy atom. The molecule has 18 heavy (non-hydrogen) atoms. The molecule has 0 saturated carbocycles. The molecule has 0 bridgehead atoms. The first-order valence-corrected chi connectivity index (χ1v) is 4.73. The van der Waals surface area contributed by atoms with Gasteiger partial charge in [0.25, 0.3) is 0 Å². The second-order valence-electron chi connectivity index (χ2n) is 2.94. The van der Waals surface area contributed by atoms with E-state index in [1.807, 2.05) is 12.1 Å². The van der Waals surface area contributed by atoms with Crippen molar-refractivity contribution in [3.63, 3.8) is 0 Å². The molecule has 0 radical (unpaired) electrons. The molecule has 0 N–H and O–H groups in total. The van der Waals surface area contributed by atoms with Crippen molar-refractivity contribution in [1.29, 1.82) is 0 Å². The summed E-state index contributed by atoms with van der Waals surface area (Å²) in [7, 11) is 0. The summed E-state index contributed by atoms with van der Waals surface area (Å²) in [6.45, 7) is 0. The van der Waals surface area contributed by atoms with Crippen molar-refractivity contribution in [3.05, 3.63) is 71.8 Å².